The van der Waals surface area contributed by atoms with Gasteiger partial charge in [0, 0.05) is 17.6 Å². The molecule has 1 aliphatic rings. The van der Waals surface area contributed by atoms with E-state index in [9.17, 15) is 0 Å². The molecule has 1 aromatic carbocycles. The van der Waals surface area contributed by atoms with Crippen LogP contribution in [0.3, 0.4) is 0 Å². The van der Waals surface area contributed by atoms with Crippen LogP contribution in [-0.4, -0.2) is 24.9 Å². The minimum atomic E-state index is 0.127. The predicted octanol–water partition coefficient (Wildman–Crippen LogP) is 3.45. The summed E-state index contributed by atoms with van der Waals surface area (Å²) in [4.78, 5) is 0. The molecule has 0 bridgehead atoms. The van der Waals surface area contributed by atoms with E-state index in [4.69, 9.17) is 9.47 Å². The molecular weight excluding hydrogens is 226 g/mol. The van der Waals surface area contributed by atoms with Crippen molar-refractivity contribution in [2.24, 2.45) is 0 Å². The molecule has 0 saturated carbocycles. The Hall–Kier alpha value is -1.22. The number of nitrogens with one attached hydrogen (secondary N) is 1. The first-order valence-corrected chi connectivity index (χ1v) is 6.72. The molecule has 0 spiro atoms. The summed E-state index contributed by atoms with van der Waals surface area (Å²) in [5.41, 5.74) is 1.26. The second-order valence-corrected chi connectivity index (χ2v) is 5.49. The van der Waals surface area contributed by atoms with Crippen molar-refractivity contribution < 1.29 is 9.47 Å². The SMILES string of the molecule is CCC(C)(C)Nc1ccc(O[C@H]2CCOC2)cc1. The molecule has 1 aromatic rings. The Morgan fingerprint density at radius 2 is 2.06 bits per heavy atom. The highest BCUT2D eigenvalue weighted by molar-refractivity contribution is 5.48. The quantitative estimate of drug-likeness (QED) is 0.867. The van der Waals surface area contributed by atoms with Crippen molar-refractivity contribution in [1.82, 2.24) is 0 Å². The van der Waals surface area contributed by atoms with Crippen LogP contribution in [0.15, 0.2) is 24.3 Å². The normalized spacial score (nSPS) is 19.8. The van der Waals surface area contributed by atoms with Crippen LogP contribution in [0.1, 0.15) is 33.6 Å². The van der Waals surface area contributed by atoms with E-state index in [2.05, 4.69) is 38.2 Å². The van der Waals surface area contributed by atoms with Gasteiger partial charge in [-0.25, -0.2) is 0 Å². The Balaban J connectivity index is 1.92. The summed E-state index contributed by atoms with van der Waals surface area (Å²) in [6, 6.07) is 8.18. The van der Waals surface area contributed by atoms with Crippen molar-refractivity contribution in [3.63, 3.8) is 0 Å². The average Bonchev–Trinajstić information content (AvgIpc) is 2.84. The van der Waals surface area contributed by atoms with Crippen LogP contribution in [0.4, 0.5) is 5.69 Å². The van der Waals surface area contributed by atoms with Gasteiger partial charge in [-0.2, -0.15) is 0 Å². The predicted molar refractivity (Wildman–Crippen MR) is 74.3 cm³/mol. The minimum absolute atomic E-state index is 0.127. The topological polar surface area (TPSA) is 30.5 Å². The molecule has 0 aromatic heterocycles. The lowest BCUT2D eigenvalue weighted by atomic mass is 10.0. The van der Waals surface area contributed by atoms with E-state index in [-0.39, 0.29) is 11.6 Å². The fraction of sp³-hybridized carbons (Fsp3) is 0.600. The summed E-state index contributed by atoms with van der Waals surface area (Å²) in [5, 5.41) is 3.51. The summed E-state index contributed by atoms with van der Waals surface area (Å²) in [7, 11) is 0. The maximum Gasteiger partial charge on any atom is 0.124 e. The summed E-state index contributed by atoms with van der Waals surface area (Å²) < 4.78 is 11.1. The summed E-state index contributed by atoms with van der Waals surface area (Å²) in [6.07, 6.45) is 2.30. The minimum Gasteiger partial charge on any atom is -0.488 e. The second-order valence-electron chi connectivity index (χ2n) is 5.49. The maximum absolute atomic E-state index is 5.83. The number of benzene rings is 1. The van der Waals surface area contributed by atoms with Gasteiger partial charge in [-0.3, -0.25) is 0 Å². The highest BCUT2D eigenvalue weighted by atomic mass is 16.5. The first-order valence-electron chi connectivity index (χ1n) is 6.72. The van der Waals surface area contributed by atoms with Gasteiger partial charge < -0.3 is 14.8 Å². The van der Waals surface area contributed by atoms with Gasteiger partial charge in [0.25, 0.3) is 0 Å². The van der Waals surface area contributed by atoms with Crippen molar-refractivity contribution in [3.8, 4) is 5.75 Å². The average molecular weight is 249 g/mol. The van der Waals surface area contributed by atoms with Crippen LogP contribution in [0.25, 0.3) is 0 Å². The molecule has 1 aliphatic heterocycles. The Morgan fingerprint density at radius 3 is 2.61 bits per heavy atom. The molecule has 0 aliphatic carbocycles. The van der Waals surface area contributed by atoms with E-state index in [0.717, 1.165) is 30.9 Å². The van der Waals surface area contributed by atoms with E-state index in [1.54, 1.807) is 0 Å². The zero-order valence-corrected chi connectivity index (χ0v) is 11.5. The number of hydrogen-bond acceptors (Lipinski definition) is 3. The lowest BCUT2D eigenvalue weighted by molar-refractivity contribution is 0.141. The zero-order valence-electron chi connectivity index (χ0n) is 11.5. The van der Waals surface area contributed by atoms with Gasteiger partial charge in [0.1, 0.15) is 11.9 Å². The van der Waals surface area contributed by atoms with E-state index < -0.39 is 0 Å². The maximum atomic E-state index is 5.83. The molecule has 1 N–H and O–H groups in total. The van der Waals surface area contributed by atoms with Crippen molar-refractivity contribution in [1.29, 1.82) is 0 Å². The Bertz CT molecular complexity index is 367. The summed E-state index contributed by atoms with van der Waals surface area (Å²) in [5.74, 6) is 0.922. The summed E-state index contributed by atoms with van der Waals surface area (Å²) >= 11 is 0. The van der Waals surface area contributed by atoms with Gasteiger partial charge in [-0.1, -0.05) is 6.92 Å². The van der Waals surface area contributed by atoms with Gasteiger partial charge >= 0.3 is 0 Å². The standard InChI is InChI=1S/C15H23NO2/c1-4-15(2,3)16-12-5-7-13(8-6-12)18-14-9-10-17-11-14/h5-8,14,16H,4,9-11H2,1-3H3/t14-/m0/s1. The van der Waals surface area contributed by atoms with Crippen LogP contribution < -0.4 is 10.1 Å². The molecule has 1 atom stereocenters. The zero-order chi connectivity index (χ0) is 13.0. The van der Waals surface area contributed by atoms with E-state index >= 15 is 0 Å². The van der Waals surface area contributed by atoms with Gasteiger partial charge in [0.15, 0.2) is 0 Å². The fourth-order valence-electron chi connectivity index (χ4n) is 1.89. The van der Waals surface area contributed by atoms with Crippen LogP contribution in [0, 0.1) is 0 Å². The lowest BCUT2D eigenvalue weighted by Crippen LogP contribution is -2.29. The van der Waals surface area contributed by atoms with Gasteiger partial charge in [0.2, 0.25) is 0 Å². The third-order valence-electron chi connectivity index (χ3n) is 3.41. The van der Waals surface area contributed by atoms with Gasteiger partial charge in [0.05, 0.1) is 13.2 Å². The van der Waals surface area contributed by atoms with E-state index in [1.165, 1.54) is 0 Å². The lowest BCUT2D eigenvalue weighted by Gasteiger charge is -2.26. The third kappa shape index (κ3) is 3.64. The molecular formula is C15H23NO2. The van der Waals surface area contributed by atoms with Crippen LogP contribution >= 0.6 is 0 Å². The molecule has 3 nitrogen and oxygen atoms in total. The molecule has 1 fully saturated rings. The number of anilines is 1. The molecule has 0 radical (unpaired) electrons. The number of hydrogen-bond donors (Lipinski definition) is 1. The molecule has 1 saturated heterocycles. The van der Waals surface area contributed by atoms with Crippen LogP contribution in [-0.2, 0) is 4.74 Å². The molecule has 1 heterocycles. The largest absolute Gasteiger partial charge is 0.488 e. The smallest absolute Gasteiger partial charge is 0.124 e. The fourth-order valence-corrected chi connectivity index (χ4v) is 1.89. The monoisotopic (exact) mass is 249 g/mol. The van der Waals surface area contributed by atoms with Crippen molar-refractivity contribution in [2.75, 3.05) is 18.5 Å². The number of ether oxygens (including phenoxy) is 2. The number of rotatable bonds is 5. The molecule has 100 valence electrons. The van der Waals surface area contributed by atoms with E-state index in [0.29, 0.717) is 6.61 Å². The van der Waals surface area contributed by atoms with Crippen molar-refractivity contribution in [3.05, 3.63) is 24.3 Å². The van der Waals surface area contributed by atoms with Crippen LogP contribution in [0.2, 0.25) is 0 Å². The Kier molecular flexibility index (Phi) is 4.12. The summed E-state index contributed by atoms with van der Waals surface area (Å²) in [6.45, 7) is 8.11. The first-order chi connectivity index (χ1) is 8.59. The molecule has 2 rings (SSSR count). The van der Waals surface area contributed by atoms with E-state index in [1.807, 2.05) is 12.1 Å². The van der Waals surface area contributed by atoms with Crippen molar-refractivity contribution in [2.45, 2.75) is 45.3 Å². The molecule has 18 heavy (non-hydrogen) atoms. The van der Waals surface area contributed by atoms with Gasteiger partial charge in [-0.15, -0.1) is 0 Å². The highest BCUT2D eigenvalue weighted by Crippen LogP contribution is 2.22. The highest BCUT2D eigenvalue weighted by Gasteiger charge is 2.17. The van der Waals surface area contributed by atoms with Crippen molar-refractivity contribution >= 4 is 5.69 Å². The van der Waals surface area contributed by atoms with Gasteiger partial charge in [-0.05, 0) is 44.5 Å². The Labute approximate surface area is 109 Å². The Morgan fingerprint density at radius 1 is 1.33 bits per heavy atom. The third-order valence-corrected chi connectivity index (χ3v) is 3.41. The molecule has 3 heteroatoms. The van der Waals surface area contributed by atoms with Crippen LogP contribution in [0.5, 0.6) is 5.75 Å². The molecule has 0 unspecified atom stereocenters. The first kappa shape index (κ1) is 13.2. The second kappa shape index (κ2) is 5.61. The molecule has 0 amide bonds.